The molecule has 0 fully saturated rings. The zero-order valence-electron chi connectivity index (χ0n) is 16.6. The molecule has 0 radical (unpaired) electrons. The van der Waals surface area contributed by atoms with E-state index >= 15 is 0 Å². The van der Waals surface area contributed by atoms with Crippen molar-refractivity contribution in [2.75, 3.05) is 11.1 Å². The summed E-state index contributed by atoms with van der Waals surface area (Å²) in [5.41, 5.74) is 10.4. The maximum Gasteiger partial charge on any atom is 0.263 e. The Balaban J connectivity index is 1.81. The van der Waals surface area contributed by atoms with Gasteiger partial charge in [0, 0.05) is 21.7 Å². The van der Waals surface area contributed by atoms with Gasteiger partial charge in [0.2, 0.25) is 0 Å². The highest BCUT2D eigenvalue weighted by atomic mass is 35.5. The molecular weight excluding hydrogens is 398 g/mol. The number of nitrogen functional groups attached to an aromatic ring is 1. The van der Waals surface area contributed by atoms with Gasteiger partial charge in [-0.3, -0.25) is 14.2 Å². The summed E-state index contributed by atoms with van der Waals surface area (Å²) in [6, 6.07) is 19.5. The van der Waals surface area contributed by atoms with Gasteiger partial charge in [-0.1, -0.05) is 35.9 Å². The minimum atomic E-state index is -0.364. The minimum absolute atomic E-state index is 0.0954. The molecule has 0 aliphatic carbocycles. The summed E-state index contributed by atoms with van der Waals surface area (Å²) in [4.78, 5) is 26.3. The van der Waals surface area contributed by atoms with Crippen LogP contribution in [-0.2, 0) is 0 Å². The molecule has 0 saturated carbocycles. The number of amides is 1. The van der Waals surface area contributed by atoms with Crippen molar-refractivity contribution in [2.45, 2.75) is 13.8 Å². The Kier molecular flexibility index (Phi) is 5.06. The number of carbonyl (C=O) groups is 2. The third-order valence-corrected chi connectivity index (χ3v) is 5.16. The molecule has 0 aliphatic heterocycles. The van der Waals surface area contributed by atoms with E-state index in [2.05, 4.69) is 5.32 Å². The second kappa shape index (κ2) is 7.69. The number of rotatable bonds is 3. The van der Waals surface area contributed by atoms with Crippen LogP contribution in [0.4, 0.5) is 11.5 Å². The van der Waals surface area contributed by atoms with Gasteiger partial charge in [0.1, 0.15) is 5.82 Å². The zero-order chi connectivity index (χ0) is 21.4. The van der Waals surface area contributed by atoms with Crippen LogP contribution in [0.25, 0.3) is 10.9 Å². The van der Waals surface area contributed by atoms with Gasteiger partial charge in [-0.05, 0) is 67.4 Å². The number of nitrogens with zero attached hydrogens (tertiary/aromatic N) is 1. The lowest BCUT2D eigenvalue weighted by Crippen LogP contribution is -2.18. The normalized spacial score (nSPS) is 10.9. The number of carbonyl (C=O) groups excluding carboxylic acids is 2. The number of fused-ring (bicyclic) bond motifs is 1. The van der Waals surface area contributed by atoms with Crippen LogP contribution in [0, 0.1) is 13.8 Å². The molecule has 1 amide bonds. The lowest BCUT2D eigenvalue weighted by Gasteiger charge is -2.09. The molecule has 0 saturated heterocycles. The molecule has 1 heterocycles. The fourth-order valence-electron chi connectivity index (χ4n) is 3.68. The van der Waals surface area contributed by atoms with Gasteiger partial charge in [0.05, 0.1) is 11.1 Å². The van der Waals surface area contributed by atoms with Gasteiger partial charge in [-0.25, -0.2) is 0 Å². The molecule has 5 nitrogen and oxygen atoms in total. The number of nitrogens with two attached hydrogens (primary N) is 1. The number of aryl methyl sites for hydroxylation is 2. The SMILES string of the molecule is Cc1cc(C)cc(NC(=O)c2c(N)n(C(=O)c3ccc(Cl)cc3)c3ccccc23)c1. The molecule has 3 aromatic carbocycles. The number of benzene rings is 3. The van der Waals surface area contributed by atoms with Crippen LogP contribution in [-0.4, -0.2) is 16.4 Å². The largest absolute Gasteiger partial charge is 0.384 e. The Morgan fingerprint density at radius 2 is 1.57 bits per heavy atom. The monoisotopic (exact) mass is 417 g/mol. The van der Waals surface area contributed by atoms with Crippen molar-refractivity contribution in [1.82, 2.24) is 4.57 Å². The average Bonchev–Trinajstić information content (AvgIpc) is 2.99. The molecule has 0 spiro atoms. The number of hydrogen-bond donors (Lipinski definition) is 2. The van der Waals surface area contributed by atoms with E-state index in [1.165, 1.54) is 4.57 Å². The first-order valence-electron chi connectivity index (χ1n) is 9.44. The van der Waals surface area contributed by atoms with Crippen molar-refractivity contribution in [3.8, 4) is 0 Å². The van der Waals surface area contributed by atoms with E-state index in [-0.39, 0.29) is 23.2 Å². The van der Waals surface area contributed by atoms with Crippen molar-refractivity contribution in [3.63, 3.8) is 0 Å². The highest BCUT2D eigenvalue weighted by molar-refractivity contribution is 6.30. The van der Waals surface area contributed by atoms with Crippen LogP contribution in [0.1, 0.15) is 31.8 Å². The topological polar surface area (TPSA) is 77.1 Å². The first kappa shape index (κ1) is 19.7. The van der Waals surface area contributed by atoms with E-state index in [1.807, 2.05) is 38.1 Å². The molecule has 150 valence electrons. The molecule has 4 aromatic rings. The smallest absolute Gasteiger partial charge is 0.263 e. The second-order valence-electron chi connectivity index (χ2n) is 7.26. The number of aromatic nitrogens is 1. The number of para-hydroxylation sites is 1. The molecule has 1 aromatic heterocycles. The minimum Gasteiger partial charge on any atom is -0.384 e. The highest BCUT2D eigenvalue weighted by Gasteiger charge is 2.24. The Morgan fingerprint density at radius 1 is 0.933 bits per heavy atom. The van der Waals surface area contributed by atoms with Gasteiger partial charge in [-0.15, -0.1) is 0 Å². The van der Waals surface area contributed by atoms with E-state index in [0.717, 1.165) is 11.1 Å². The molecule has 6 heteroatoms. The number of nitrogens with one attached hydrogen (secondary N) is 1. The summed E-state index contributed by atoms with van der Waals surface area (Å²) < 4.78 is 1.37. The Labute approximate surface area is 179 Å². The molecule has 0 bridgehead atoms. The lowest BCUT2D eigenvalue weighted by molar-refractivity contribution is 0.0967. The highest BCUT2D eigenvalue weighted by Crippen LogP contribution is 2.30. The van der Waals surface area contributed by atoms with E-state index in [1.54, 1.807) is 42.5 Å². The van der Waals surface area contributed by atoms with Gasteiger partial charge in [0.15, 0.2) is 0 Å². The molecule has 4 rings (SSSR count). The fourth-order valence-corrected chi connectivity index (χ4v) is 3.81. The van der Waals surface area contributed by atoms with Crippen molar-refractivity contribution in [1.29, 1.82) is 0 Å². The van der Waals surface area contributed by atoms with E-state index in [4.69, 9.17) is 17.3 Å². The zero-order valence-corrected chi connectivity index (χ0v) is 17.3. The summed E-state index contributed by atoms with van der Waals surface area (Å²) in [6.07, 6.45) is 0. The molecule has 0 unspecified atom stereocenters. The van der Waals surface area contributed by atoms with Crippen LogP contribution < -0.4 is 11.1 Å². The van der Waals surface area contributed by atoms with Gasteiger partial charge < -0.3 is 11.1 Å². The van der Waals surface area contributed by atoms with Gasteiger partial charge in [-0.2, -0.15) is 0 Å². The van der Waals surface area contributed by atoms with Crippen LogP contribution in [0.5, 0.6) is 0 Å². The summed E-state index contributed by atoms with van der Waals surface area (Å²) in [5.74, 6) is -0.597. The molecular formula is C24H20ClN3O2. The van der Waals surface area contributed by atoms with E-state index in [9.17, 15) is 9.59 Å². The van der Waals surface area contributed by atoms with E-state index < -0.39 is 0 Å². The summed E-state index contributed by atoms with van der Waals surface area (Å²) in [6.45, 7) is 3.93. The molecule has 0 atom stereocenters. The number of hydrogen-bond acceptors (Lipinski definition) is 3. The van der Waals surface area contributed by atoms with Crippen molar-refractivity contribution in [3.05, 3.63) is 94.0 Å². The first-order valence-corrected chi connectivity index (χ1v) is 9.82. The maximum absolute atomic E-state index is 13.2. The number of halogens is 1. The standard InChI is InChI=1S/C24H20ClN3O2/c1-14-11-15(2)13-18(12-14)27-23(29)21-19-5-3-4-6-20(19)28(22(21)26)24(30)16-7-9-17(25)10-8-16/h3-13H,26H2,1-2H3,(H,27,29). The van der Waals surface area contributed by atoms with Crippen LogP contribution in [0.3, 0.4) is 0 Å². The number of anilines is 2. The lowest BCUT2D eigenvalue weighted by atomic mass is 10.1. The third-order valence-electron chi connectivity index (χ3n) is 4.91. The van der Waals surface area contributed by atoms with Gasteiger partial charge >= 0.3 is 0 Å². The Hall–Kier alpha value is -3.57. The molecule has 0 aliphatic rings. The van der Waals surface area contributed by atoms with Crippen molar-refractivity contribution >= 4 is 45.8 Å². The predicted molar refractivity (Wildman–Crippen MR) is 121 cm³/mol. The molecule has 30 heavy (non-hydrogen) atoms. The van der Waals surface area contributed by atoms with Crippen LogP contribution >= 0.6 is 11.6 Å². The van der Waals surface area contributed by atoms with Crippen LogP contribution in [0.2, 0.25) is 5.02 Å². The summed E-state index contributed by atoms with van der Waals surface area (Å²) in [5, 5.41) is 4.05. The third kappa shape index (κ3) is 3.55. The second-order valence-corrected chi connectivity index (χ2v) is 7.69. The first-order chi connectivity index (χ1) is 14.3. The molecule has 3 N–H and O–H groups in total. The summed E-state index contributed by atoms with van der Waals surface area (Å²) in [7, 11) is 0. The average molecular weight is 418 g/mol. The Bertz CT molecular complexity index is 1270. The van der Waals surface area contributed by atoms with Crippen molar-refractivity contribution in [2.24, 2.45) is 0 Å². The van der Waals surface area contributed by atoms with Crippen LogP contribution in [0.15, 0.2) is 66.7 Å². The predicted octanol–water partition coefficient (Wildman–Crippen LogP) is 5.43. The maximum atomic E-state index is 13.2. The van der Waals surface area contributed by atoms with Crippen molar-refractivity contribution < 1.29 is 9.59 Å². The summed E-state index contributed by atoms with van der Waals surface area (Å²) >= 11 is 5.94. The Morgan fingerprint density at radius 3 is 2.23 bits per heavy atom. The fraction of sp³-hybridized carbons (Fsp3) is 0.0833. The van der Waals surface area contributed by atoms with Gasteiger partial charge in [0.25, 0.3) is 11.8 Å². The van der Waals surface area contributed by atoms with E-state index in [0.29, 0.717) is 27.2 Å². The quantitative estimate of drug-likeness (QED) is 0.466.